The molecule has 0 radical (unpaired) electrons. The zero-order chi connectivity index (χ0) is 18.7. The Morgan fingerprint density at radius 2 is 1.92 bits per heavy atom. The number of halogens is 2. The van der Waals surface area contributed by atoms with Crippen LogP contribution in [0, 0.1) is 11.7 Å². The summed E-state index contributed by atoms with van der Waals surface area (Å²) < 4.78 is 13.6. The normalized spacial score (nSPS) is 11.3. The predicted molar refractivity (Wildman–Crippen MR) is 107 cm³/mol. The smallest absolute Gasteiger partial charge is 0.222 e. The van der Waals surface area contributed by atoms with Crippen molar-refractivity contribution in [3.8, 4) is 11.1 Å². The average Bonchev–Trinajstić information content (AvgIpc) is 2.64. The van der Waals surface area contributed by atoms with Gasteiger partial charge in [-0.1, -0.05) is 56.5 Å². The summed E-state index contributed by atoms with van der Waals surface area (Å²) >= 11 is 5.98. The molecule has 1 heterocycles. The first-order chi connectivity index (χ1) is 12.5. The van der Waals surface area contributed by atoms with Crippen LogP contribution in [-0.2, 0) is 0 Å². The standard InChI is InChI=1S/C20H22ClFN4/c1-3-12(4-2)11-24-19-18-14(13-8-9-16(22)15(21)10-13)6-5-7-17(18)25-20(23)26-19/h5-10,12H,3-4,11H2,1-2H3,(H3,23,24,25,26). The second-order valence-corrected chi connectivity index (χ2v) is 6.73. The Labute approximate surface area is 157 Å². The maximum Gasteiger partial charge on any atom is 0.222 e. The molecule has 0 aliphatic rings. The predicted octanol–water partition coefficient (Wildman–Crippen LogP) is 5.52. The number of hydrogen-bond acceptors (Lipinski definition) is 4. The first kappa shape index (κ1) is 18.4. The summed E-state index contributed by atoms with van der Waals surface area (Å²) in [6.45, 7) is 5.15. The lowest BCUT2D eigenvalue weighted by atomic mass is 10.00. The van der Waals surface area contributed by atoms with Crippen molar-refractivity contribution in [1.82, 2.24) is 9.97 Å². The third-order valence-corrected chi connectivity index (χ3v) is 4.97. The van der Waals surface area contributed by atoms with E-state index in [0.717, 1.165) is 41.4 Å². The number of nitrogen functional groups attached to an aromatic ring is 1. The minimum atomic E-state index is -0.441. The zero-order valence-electron chi connectivity index (χ0n) is 14.9. The Balaban J connectivity index is 2.13. The average molecular weight is 373 g/mol. The van der Waals surface area contributed by atoms with Gasteiger partial charge in [0.15, 0.2) is 0 Å². The second-order valence-electron chi connectivity index (χ2n) is 6.32. The van der Waals surface area contributed by atoms with Gasteiger partial charge in [-0.3, -0.25) is 0 Å². The Bertz CT molecular complexity index is 925. The van der Waals surface area contributed by atoms with Crippen LogP contribution in [0.1, 0.15) is 26.7 Å². The maximum absolute atomic E-state index is 13.6. The molecule has 136 valence electrons. The number of nitrogens with zero attached hydrogens (tertiary/aromatic N) is 2. The first-order valence-corrected chi connectivity index (χ1v) is 9.16. The lowest BCUT2D eigenvalue weighted by Gasteiger charge is -2.17. The molecule has 0 aliphatic carbocycles. The highest BCUT2D eigenvalue weighted by Crippen LogP contribution is 2.34. The van der Waals surface area contributed by atoms with Crippen molar-refractivity contribution in [1.29, 1.82) is 0 Å². The van der Waals surface area contributed by atoms with Crippen molar-refractivity contribution in [3.63, 3.8) is 0 Å². The Kier molecular flexibility index (Phi) is 5.57. The van der Waals surface area contributed by atoms with E-state index in [-0.39, 0.29) is 11.0 Å². The van der Waals surface area contributed by atoms with E-state index in [1.165, 1.54) is 6.07 Å². The summed E-state index contributed by atoms with van der Waals surface area (Å²) in [7, 11) is 0. The van der Waals surface area contributed by atoms with E-state index in [1.54, 1.807) is 12.1 Å². The van der Waals surface area contributed by atoms with Gasteiger partial charge in [0, 0.05) is 6.54 Å². The molecule has 0 aliphatic heterocycles. The second kappa shape index (κ2) is 7.87. The molecule has 0 amide bonds. The summed E-state index contributed by atoms with van der Waals surface area (Å²) in [5.74, 6) is 1.02. The molecule has 0 unspecified atom stereocenters. The summed E-state index contributed by atoms with van der Waals surface area (Å²) in [5, 5.41) is 4.37. The van der Waals surface area contributed by atoms with E-state index >= 15 is 0 Å². The fourth-order valence-corrected chi connectivity index (χ4v) is 3.23. The van der Waals surface area contributed by atoms with Gasteiger partial charge in [0.05, 0.1) is 15.9 Å². The summed E-state index contributed by atoms with van der Waals surface area (Å²) in [6.07, 6.45) is 2.17. The van der Waals surface area contributed by atoms with Gasteiger partial charge in [0.2, 0.25) is 5.95 Å². The molecule has 4 nitrogen and oxygen atoms in total. The van der Waals surface area contributed by atoms with Crippen molar-refractivity contribution in [2.75, 3.05) is 17.6 Å². The maximum atomic E-state index is 13.6. The Morgan fingerprint density at radius 1 is 1.15 bits per heavy atom. The van der Waals surface area contributed by atoms with Crippen molar-refractivity contribution in [3.05, 3.63) is 47.2 Å². The molecule has 3 rings (SSSR count). The number of hydrogen-bond donors (Lipinski definition) is 2. The largest absolute Gasteiger partial charge is 0.369 e. The molecule has 0 bridgehead atoms. The molecule has 3 N–H and O–H groups in total. The van der Waals surface area contributed by atoms with Gasteiger partial charge in [0.1, 0.15) is 11.6 Å². The fourth-order valence-electron chi connectivity index (χ4n) is 3.05. The molecule has 1 aromatic heterocycles. The van der Waals surface area contributed by atoms with E-state index in [0.29, 0.717) is 11.7 Å². The molecule has 0 saturated carbocycles. The van der Waals surface area contributed by atoms with Crippen molar-refractivity contribution in [2.45, 2.75) is 26.7 Å². The Hall–Kier alpha value is -2.40. The lowest BCUT2D eigenvalue weighted by molar-refractivity contribution is 0.518. The van der Waals surface area contributed by atoms with Gasteiger partial charge in [-0.2, -0.15) is 4.98 Å². The minimum absolute atomic E-state index is 0.0856. The number of benzene rings is 2. The number of rotatable bonds is 6. The van der Waals surface area contributed by atoms with E-state index in [4.69, 9.17) is 17.3 Å². The molecule has 2 aromatic carbocycles. The van der Waals surface area contributed by atoms with Crippen LogP contribution in [0.2, 0.25) is 5.02 Å². The molecular weight excluding hydrogens is 351 g/mol. The van der Waals surface area contributed by atoms with Gasteiger partial charge in [-0.05, 0) is 35.2 Å². The SMILES string of the molecule is CCC(CC)CNc1nc(N)nc2cccc(-c3ccc(F)c(Cl)c3)c12. The molecule has 0 atom stereocenters. The summed E-state index contributed by atoms with van der Waals surface area (Å²) in [5.41, 5.74) is 8.33. The molecule has 0 fully saturated rings. The zero-order valence-corrected chi connectivity index (χ0v) is 15.6. The van der Waals surface area contributed by atoms with Crippen LogP contribution >= 0.6 is 11.6 Å². The summed E-state index contributed by atoms with van der Waals surface area (Å²) in [4.78, 5) is 8.77. The molecule has 0 saturated heterocycles. The Morgan fingerprint density at radius 3 is 2.62 bits per heavy atom. The van der Waals surface area contributed by atoms with Crippen LogP contribution in [0.5, 0.6) is 0 Å². The molecule has 0 spiro atoms. The first-order valence-electron chi connectivity index (χ1n) is 8.79. The molecule has 26 heavy (non-hydrogen) atoms. The topological polar surface area (TPSA) is 63.8 Å². The highest BCUT2D eigenvalue weighted by atomic mass is 35.5. The van der Waals surface area contributed by atoms with Crippen LogP contribution in [-0.4, -0.2) is 16.5 Å². The quantitative estimate of drug-likeness (QED) is 0.598. The number of anilines is 2. The minimum Gasteiger partial charge on any atom is -0.369 e. The number of nitrogens with one attached hydrogen (secondary N) is 1. The van der Waals surface area contributed by atoms with Crippen LogP contribution in [0.25, 0.3) is 22.0 Å². The van der Waals surface area contributed by atoms with Gasteiger partial charge in [-0.25, -0.2) is 9.37 Å². The van der Waals surface area contributed by atoms with Crippen LogP contribution in [0.15, 0.2) is 36.4 Å². The van der Waals surface area contributed by atoms with Crippen molar-refractivity contribution < 1.29 is 4.39 Å². The highest BCUT2D eigenvalue weighted by molar-refractivity contribution is 6.31. The van der Waals surface area contributed by atoms with Crippen molar-refractivity contribution >= 4 is 34.3 Å². The van der Waals surface area contributed by atoms with Crippen LogP contribution in [0.4, 0.5) is 16.2 Å². The van der Waals surface area contributed by atoms with Crippen LogP contribution < -0.4 is 11.1 Å². The van der Waals surface area contributed by atoms with Gasteiger partial charge in [-0.15, -0.1) is 0 Å². The lowest BCUT2D eigenvalue weighted by Crippen LogP contribution is -2.14. The number of fused-ring (bicyclic) bond motifs is 1. The van der Waals surface area contributed by atoms with E-state index in [9.17, 15) is 4.39 Å². The number of nitrogens with two attached hydrogens (primary N) is 1. The molecule has 3 aromatic rings. The van der Waals surface area contributed by atoms with E-state index < -0.39 is 5.82 Å². The molecular formula is C20H22ClFN4. The van der Waals surface area contributed by atoms with E-state index in [1.807, 2.05) is 18.2 Å². The highest BCUT2D eigenvalue weighted by Gasteiger charge is 2.14. The van der Waals surface area contributed by atoms with Gasteiger partial charge < -0.3 is 11.1 Å². The third kappa shape index (κ3) is 3.73. The van der Waals surface area contributed by atoms with E-state index in [2.05, 4.69) is 29.1 Å². The molecule has 6 heteroatoms. The third-order valence-electron chi connectivity index (χ3n) is 4.68. The monoisotopic (exact) mass is 372 g/mol. The fraction of sp³-hybridized carbons (Fsp3) is 0.300. The van der Waals surface area contributed by atoms with Crippen LogP contribution in [0.3, 0.4) is 0 Å². The summed E-state index contributed by atoms with van der Waals surface area (Å²) in [6, 6.07) is 10.4. The van der Waals surface area contributed by atoms with Gasteiger partial charge in [0.25, 0.3) is 0 Å². The number of aromatic nitrogens is 2. The van der Waals surface area contributed by atoms with Gasteiger partial charge >= 0.3 is 0 Å². The van der Waals surface area contributed by atoms with Crippen molar-refractivity contribution in [2.24, 2.45) is 5.92 Å².